The minimum atomic E-state index is -1.15. The lowest BCUT2D eigenvalue weighted by Gasteiger charge is -2.46. The van der Waals surface area contributed by atoms with Crippen LogP contribution < -0.4 is 11.1 Å². The largest absolute Gasteiger partial charge is 0.469 e. The van der Waals surface area contributed by atoms with Crippen LogP contribution in [0.25, 0.3) is 0 Å². The first-order valence-electron chi connectivity index (χ1n) is 8.54. The molecule has 27 heavy (non-hydrogen) atoms. The average Bonchev–Trinajstić information content (AvgIpc) is 2.65. The molecule has 1 heterocycles. The van der Waals surface area contributed by atoms with Crippen LogP contribution in [-0.2, 0) is 23.8 Å². The quantitative estimate of drug-likeness (QED) is 0.709. The van der Waals surface area contributed by atoms with E-state index in [1.54, 1.807) is 38.1 Å². The van der Waals surface area contributed by atoms with Crippen LogP contribution in [0.15, 0.2) is 35.5 Å². The fraction of sp³-hybridized carbons (Fsp3) is 0.474. The van der Waals surface area contributed by atoms with Gasteiger partial charge in [0, 0.05) is 23.2 Å². The van der Waals surface area contributed by atoms with Crippen LogP contribution in [0.4, 0.5) is 0 Å². The zero-order valence-electron chi connectivity index (χ0n) is 15.9. The maximum absolute atomic E-state index is 12.8. The zero-order valence-corrected chi connectivity index (χ0v) is 16.6. The van der Waals surface area contributed by atoms with Crippen LogP contribution in [0.2, 0.25) is 5.02 Å². The lowest BCUT2D eigenvalue weighted by molar-refractivity contribution is -0.166. The maximum atomic E-state index is 12.8. The number of rotatable bonds is 6. The van der Waals surface area contributed by atoms with Gasteiger partial charge < -0.3 is 25.3 Å². The van der Waals surface area contributed by atoms with Gasteiger partial charge in [-0.1, -0.05) is 29.8 Å². The van der Waals surface area contributed by atoms with Gasteiger partial charge in [-0.05, 0) is 25.5 Å². The molecule has 3 atom stereocenters. The van der Waals surface area contributed by atoms with Gasteiger partial charge in [0.25, 0.3) is 0 Å². The molecule has 148 valence electrons. The smallest absolute Gasteiger partial charge is 0.336 e. The van der Waals surface area contributed by atoms with Gasteiger partial charge in [0.1, 0.15) is 11.6 Å². The van der Waals surface area contributed by atoms with Crippen LogP contribution >= 0.6 is 11.6 Å². The van der Waals surface area contributed by atoms with E-state index in [9.17, 15) is 9.59 Å². The maximum Gasteiger partial charge on any atom is 0.336 e. The third-order valence-electron chi connectivity index (χ3n) is 4.70. The summed E-state index contributed by atoms with van der Waals surface area (Å²) in [6, 6.07) is 7.04. The second-order valence-electron chi connectivity index (χ2n) is 6.40. The van der Waals surface area contributed by atoms with E-state index in [1.807, 2.05) is 0 Å². The molecule has 0 spiro atoms. The van der Waals surface area contributed by atoms with E-state index < -0.39 is 29.5 Å². The Kier molecular flexibility index (Phi) is 6.86. The van der Waals surface area contributed by atoms with E-state index in [-0.39, 0.29) is 13.2 Å². The Bertz CT molecular complexity index is 751. The van der Waals surface area contributed by atoms with E-state index >= 15 is 0 Å². The molecule has 0 aromatic heterocycles. The normalized spacial score (nSPS) is 25.0. The number of esters is 2. The van der Waals surface area contributed by atoms with Crippen molar-refractivity contribution in [2.45, 2.75) is 25.5 Å². The molecular weight excluding hydrogens is 372 g/mol. The number of carbonyl (C=O) groups excluding carboxylic acids is 2. The summed E-state index contributed by atoms with van der Waals surface area (Å²) < 4.78 is 15.9. The molecule has 3 N–H and O–H groups in total. The molecule has 8 heteroatoms. The van der Waals surface area contributed by atoms with Crippen LogP contribution in [0.1, 0.15) is 25.3 Å². The Hall–Kier alpha value is -2.09. The Labute approximate surface area is 163 Å². The SMILES string of the molecule is COC(=O)C1=C(C)N[C@](C)(OCCN)[C@@H](C(=O)OC)[C@H]1c1ccccc1Cl. The minimum absolute atomic E-state index is 0.215. The molecule has 2 rings (SSSR count). The van der Waals surface area contributed by atoms with E-state index in [0.717, 1.165) is 0 Å². The van der Waals surface area contributed by atoms with Gasteiger partial charge in [0.05, 0.1) is 26.4 Å². The van der Waals surface area contributed by atoms with Crippen molar-refractivity contribution in [1.82, 2.24) is 5.32 Å². The summed E-state index contributed by atoms with van der Waals surface area (Å²) in [5.74, 6) is -2.71. The molecule has 0 fully saturated rings. The van der Waals surface area contributed by atoms with Gasteiger partial charge in [-0.3, -0.25) is 4.79 Å². The van der Waals surface area contributed by atoms with E-state index in [4.69, 9.17) is 31.5 Å². The Morgan fingerprint density at radius 3 is 2.48 bits per heavy atom. The van der Waals surface area contributed by atoms with E-state index in [1.165, 1.54) is 14.2 Å². The van der Waals surface area contributed by atoms with Gasteiger partial charge in [-0.15, -0.1) is 0 Å². The first-order chi connectivity index (χ1) is 12.8. The van der Waals surface area contributed by atoms with Crippen molar-refractivity contribution in [3.63, 3.8) is 0 Å². The highest BCUT2D eigenvalue weighted by molar-refractivity contribution is 6.31. The molecule has 0 saturated heterocycles. The van der Waals surface area contributed by atoms with Gasteiger partial charge >= 0.3 is 11.9 Å². The summed E-state index contributed by atoms with van der Waals surface area (Å²) >= 11 is 6.42. The van der Waals surface area contributed by atoms with Crippen molar-refractivity contribution < 1.29 is 23.8 Å². The van der Waals surface area contributed by atoms with Crippen LogP contribution in [0, 0.1) is 5.92 Å². The number of methoxy groups -OCH3 is 2. The van der Waals surface area contributed by atoms with Gasteiger partial charge in [-0.2, -0.15) is 0 Å². The predicted molar refractivity (Wildman–Crippen MR) is 101 cm³/mol. The lowest BCUT2D eigenvalue weighted by Crippen LogP contribution is -2.59. The molecule has 0 aliphatic carbocycles. The topological polar surface area (TPSA) is 99.9 Å². The molecule has 1 aromatic carbocycles. The first kappa shape index (κ1) is 21.2. The van der Waals surface area contributed by atoms with Gasteiger partial charge in [0.15, 0.2) is 0 Å². The minimum Gasteiger partial charge on any atom is -0.469 e. The number of hydrogen-bond acceptors (Lipinski definition) is 7. The summed E-state index contributed by atoms with van der Waals surface area (Å²) in [5, 5.41) is 3.56. The fourth-order valence-corrected chi connectivity index (χ4v) is 3.83. The number of nitrogens with one attached hydrogen (secondary N) is 1. The van der Waals surface area contributed by atoms with Crippen molar-refractivity contribution >= 4 is 23.5 Å². The summed E-state index contributed by atoms with van der Waals surface area (Å²) in [6.07, 6.45) is 0. The number of halogens is 1. The summed E-state index contributed by atoms with van der Waals surface area (Å²) in [5.41, 5.74) is 5.87. The first-order valence-corrected chi connectivity index (χ1v) is 8.92. The highest BCUT2D eigenvalue weighted by Crippen LogP contribution is 2.46. The second-order valence-corrected chi connectivity index (χ2v) is 6.81. The summed E-state index contributed by atoms with van der Waals surface area (Å²) in [4.78, 5) is 25.4. The van der Waals surface area contributed by atoms with Crippen LogP contribution in [-0.4, -0.2) is 45.0 Å². The van der Waals surface area contributed by atoms with Crippen molar-refractivity contribution in [2.24, 2.45) is 11.7 Å². The molecule has 0 radical (unpaired) electrons. The van der Waals surface area contributed by atoms with E-state index in [0.29, 0.717) is 21.9 Å². The number of carbonyl (C=O) groups is 2. The number of ether oxygens (including phenoxy) is 3. The Morgan fingerprint density at radius 2 is 1.93 bits per heavy atom. The van der Waals surface area contributed by atoms with Crippen molar-refractivity contribution in [1.29, 1.82) is 0 Å². The van der Waals surface area contributed by atoms with Crippen LogP contribution in [0.3, 0.4) is 0 Å². The van der Waals surface area contributed by atoms with Gasteiger partial charge in [-0.25, -0.2) is 4.79 Å². The number of nitrogens with two attached hydrogens (primary N) is 1. The molecule has 7 nitrogen and oxygen atoms in total. The van der Waals surface area contributed by atoms with Crippen LogP contribution in [0.5, 0.6) is 0 Å². The highest BCUT2D eigenvalue weighted by Gasteiger charge is 2.53. The third-order valence-corrected chi connectivity index (χ3v) is 5.04. The molecule has 1 aliphatic heterocycles. The summed E-state index contributed by atoms with van der Waals surface area (Å²) in [6.45, 7) is 3.95. The Morgan fingerprint density at radius 1 is 1.26 bits per heavy atom. The zero-order chi connectivity index (χ0) is 20.2. The van der Waals surface area contributed by atoms with Crippen molar-refractivity contribution in [2.75, 3.05) is 27.4 Å². The second kappa shape index (κ2) is 8.73. The number of hydrogen-bond donors (Lipinski definition) is 2. The molecular formula is C19H25ClN2O5. The molecule has 0 bridgehead atoms. The highest BCUT2D eigenvalue weighted by atomic mass is 35.5. The van der Waals surface area contributed by atoms with Gasteiger partial charge in [0.2, 0.25) is 0 Å². The lowest BCUT2D eigenvalue weighted by atomic mass is 9.72. The average molecular weight is 397 g/mol. The predicted octanol–water partition coefficient (Wildman–Crippen LogP) is 1.95. The molecule has 1 aliphatic rings. The number of benzene rings is 1. The van der Waals surface area contributed by atoms with Crippen molar-refractivity contribution in [3.8, 4) is 0 Å². The fourth-order valence-electron chi connectivity index (χ4n) is 3.57. The number of allylic oxidation sites excluding steroid dienone is 1. The summed E-state index contributed by atoms with van der Waals surface area (Å²) in [7, 11) is 2.58. The molecule has 0 amide bonds. The Balaban J connectivity index is 2.74. The molecule has 0 saturated carbocycles. The van der Waals surface area contributed by atoms with E-state index in [2.05, 4.69) is 5.32 Å². The standard InChI is InChI=1S/C19H25ClN2O5/c1-11-14(17(23)25-3)15(12-7-5-6-8-13(12)20)16(18(24)26-4)19(2,22-11)27-10-9-21/h5-8,15-16,22H,9-10,21H2,1-4H3/t15-,16+,19+/m0/s1. The molecule has 0 unspecified atom stereocenters. The molecule has 1 aromatic rings. The monoisotopic (exact) mass is 396 g/mol. The third kappa shape index (κ3) is 4.10. The van der Waals surface area contributed by atoms with Crippen molar-refractivity contribution in [3.05, 3.63) is 46.1 Å².